The quantitative estimate of drug-likeness (QED) is 0.824. The van der Waals surface area contributed by atoms with E-state index >= 15 is 0 Å². The number of amides is 1. The number of carbonyl (C=O) groups is 2. The molecule has 120 valence electrons. The lowest BCUT2D eigenvalue weighted by molar-refractivity contribution is -0.141. The first-order valence-corrected chi connectivity index (χ1v) is 8.05. The van der Waals surface area contributed by atoms with Crippen LogP contribution in [0.5, 0.6) is 11.5 Å². The molecule has 0 spiro atoms. The van der Waals surface area contributed by atoms with E-state index in [1.165, 1.54) is 0 Å². The average molecular weight is 325 g/mol. The molecule has 1 saturated heterocycles. The Balaban J connectivity index is 1.91. The lowest BCUT2D eigenvalue weighted by Gasteiger charge is -2.24. The molecule has 0 bridgehead atoms. The number of ether oxygens (including phenoxy) is 2. The molecule has 6 nitrogen and oxygen atoms in total. The first-order chi connectivity index (χ1) is 10.6. The van der Waals surface area contributed by atoms with Crippen LogP contribution in [0.1, 0.15) is 12.8 Å². The van der Waals surface area contributed by atoms with Gasteiger partial charge in [0.25, 0.3) is 0 Å². The Morgan fingerprint density at radius 1 is 1.32 bits per heavy atom. The number of benzene rings is 1. The number of thioether (sulfide) groups is 1. The molecular weight excluding hydrogens is 306 g/mol. The highest BCUT2D eigenvalue weighted by Gasteiger charge is 2.30. The number of carboxylic acids is 1. The number of para-hydroxylation sites is 2. The summed E-state index contributed by atoms with van der Waals surface area (Å²) in [4.78, 5) is 24.3. The molecule has 1 atom stereocenters. The molecule has 1 fully saturated rings. The van der Waals surface area contributed by atoms with Crippen molar-refractivity contribution in [2.24, 2.45) is 0 Å². The molecule has 0 saturated carbocycles. The number of carbonyl (C=O) groups excluding carboxylic acids is 1. The molecule has 1 aromatic carbocycles. The molecular formula is C15H19NO5S. The second kappa shape index (κ2) is 7.93. The Hall–Kier alpha value is -1.89. The number of aliphatic carboxylic acids is 1. The second-order valence-corrected chi connectivity index (χ2v) is 6.05. The third-order valence-corrected chi connectivity index (χ3v) is 4.51. The summed E-state index contributed by atoms with van der Waals surface area (Å²) in [6.45, 7) is 0.979. The van der Waals surface area contributed by atoms with Crippen molar-refractivity contribution in [1.82, 2.24) is 4.90 Å². The fraction of sp³-hybridized carbons (Fsp3) is 0.467. The standard InChI is InChI=1S/C15H19NO5S/c1-20-11-4-2-3-5-12(11)21-10-14-16(8-9-22-14)13(17)6-7-15(18)19/h2-5,14H,6-10H2,1H3,(H,18,19). The van der Waals surface area contributed by atoms with Crippen LogP contribution in [-0.4, -0.2) is 53.3 Å². The number of methoxy groups -OCH3 is 1. The summed E-state index contributed by atoms with van der Waals surface area (Å²) in [6, 6.07) is 7.34. The molecule has 0 radical (unpaired) electrons. The molecule has 1 aliphatic heterocycles. The zero-order valence-corrected chi connectivity index (χ0v) is 13.2. The van der Waals surface area contributed by atoms with Crippen LogP contribution < -0.4 is 9.47 Å². The minimum absolute atomic E-state index is 0.0288. The van der Waals surface area contributed by atoms with Gasteiger partial charge in [-0.1, -0.05) is 12.1 Å². The van der Waals surface area contributed by atoms with E-state index in [0.29, 0.717) is 24.7 Å². The van der Waals surface area contributed by atoms with Crippen LogP contribution in [0.25, 0.3) is 0 Å². The van der Waals surface area contributed by atoms with Gasteiger partial charge < -0.3 is 19.5 Å². The zero-order chi connectivity index (χ0) is 15.9. The number of nitrogens with zero attached hydrogens (tertiary/aromatic N) is 1. The molecule has 2 rings (SSSR count). The summed E-state index contributed by atoms with van der Waals surface area (Å²) in [5.74, 6) is 1.02. The number of hydrogen-bond donors (Lipinski definition) is 1. The smallest absolute Gasteiger partial charge is 0.303 e. The molecule has 1 aliphatic rings. The predicted octanol–water partition coefficient (Wildman–Crippen LogP) is 1.84. The number of hydrogen-bond acceptors (Lipinski definition) is 5. The van der Waals surface area contributed by atoms with Gasteiger partial charge in [-0.05, 0) is 12.1 Å². The molecule has 22 heavy (non-hydrogen) atoms. The molecule has 1 N–H and O–H groups in total. The second-order valence-electron chi connectivity index (χ2n) is 4.77. The Labute approximate surface area is 133 Å². The van der Waals surface area contributed by atoms with Crippen LogP contribution in [0.15, 0.2) is 24.3 Å². The Kier molecular flexibility index (Phi) is 5.94. The highest BCUT2D eigenvalue weighted by atomic mass is 32.2. The van der Waals surface area contributed by atoms with Gasteiger partial charge in [0.15, 0.2) is 11.5 Å². The van der Waals surface area contributed by atoms with Crippen molar-refractivity contribution in [3.63, 3.8) is 0 Å². The van der Waals surface area contributed by atoms with E-state index in [9.17, 15) is 9.59 Å². The molecule has 1 unspecified atom stereocenters. The summed E-state index contributed by atoms with van der Waals surface area (Å²) >= 11 is 1.64. The van der Waals surface area contributed by atoms with E-state index in [1.807, 2.05) is 24.3 Å². The maximum absolute atomic E-state index is 12.1. The van der Waals surface area contributed by atoms with E-state index in [0.717, 1.165) is 5.75 Å². The fourth-order valence-electron chi connectivity index (χ4n) is 2.20. The molecule has 1 aromatic rings. The topological polar surface area (TPSA) is 76.1 Å². The molecule has 7 heteroatoms. The third kappa shape index (κ3) is 4.30. The van der Waals surface area contributed by atoms with Crippen molar-refractivity contribution in [2.75, 3.05) is 26.0 Å². The Morgan fingerprint density at radius 3 is 2.73 bits per heavy atom. The van der Waals surface area contributed by atoms with Crippen molar-refractivity contribution in [2.45, 2.75) is 18.2 Å². The first kappa shape index (κ1) is 16.5. The molecule has 0 aromatic heterocycles. The maximum Gasteiger partial charge on any atom is 0.303 e. The van der Waals surface area contributed by atoms with Crippen LogP contribution in [0.4, 0.5) is 0 Å². The van der Waals surface area contributed by atoms with Crippen LogP contribution >= 0.6 is 11.8 Å². The monoisotopic (exact) mass is 325 g/mol. The van der Waals surface area contributed by atoms with Gasteiger partial charge in [0.05, 0.1) is 13.5 Å². The van der Waals surface area contributed by atoms with Crippen molar-refractivity contribution < 1.29 is 24.2 Å². The summed E-state index contributed by atoms with van der Waals surface area (Å²) in [7, 11) is 1.58. The van der Waals surface area contributed by atoms with Gasteiger partial charge in [-0.25, -0.2) is 0 Å². The highest BCUT2D eigenvalue weighted by Crippen LogP contribution is 2.29. The summed E-state index contributed by atoms with van der Waals surface area (Å²) in [5, 5.41) is 8.57. The van der Waals surface area contributed by atoms with Gasteiger partial charge in [-0.2, -0.15) is 0 Å². The van der Waals surface area contributed by atoms with Crippen molar-refractivity contribution in [3.05, 3.63) is 24.3 Å². The maximum atomic E-state index is 12.1. The summed E-state index contributed by atoms with van der Waals surface area (Å²) in [5.41, 5.74) is 0. The minimum atomic E-state index is -0.956. The third-order valence-electron chi connectivity index (χ3n) is 3.31. The molecule has 1 heterocycles. The Morgan fingerprint density at radius 2 is 2.05 bits per heavy atom. The van der Waals surface area contributed by atoms with E-state index in [1.54, 1.807) is 23.8 Å². The van der Waals surface area contributed by atoms with E-state index < -0.39 is 5.97 Å². The summed E-state index contributed by atoms with van der Waals surface area (Å²) in [6.07, 6.45) is -0.110. The van der Waals surface area contributed by atoms with E-state index in [4.69, 9.17) is 14.6 Å². The van der Waals surface area contributed by atoms with Crippen LogP contribution in [0, 0.1) is 0 Å². The number of carboxylic acid groups (broad SMARTS) is 1. The van der Waals surface area contributed by atoms with Gasteiger partial charge >= 0.3 is 5.97 Å². The van der Waals surface area contributed by atoms with E-state index in [-0.39, 0.29) is 24.1 Å². The van der Waals surface area contributed by atoms with Gasteiger partial charge in [-0.15, -0.1) is 11.8 Å². The summed E-state index contributed by atoms with van der Waals surface area (Å²) < 4.78 is 11.0. The van der Waals surface area contributed by atoms with E-state index in [2.05, 4.69) is 0 Å². The van der Waals surface area contributed by atoms with Gasteiger partial charge in [0, 0.05) is 18.7 Å². The van der Waals surface area contributed by atoms with Crippen molar-refractivity contribution in [1.29, 1.82) is 0 Å². The van der Waals surface area contributed by atoms with Crippen LogP contribution in [0.2, 0.25) is 0 Å². The molecule has 1 amide bonds. The van der Waals surface area contributed by atoms with Gasteiger partial charge in [0.1, 0.15) is 12.0 Å². The molecule has 0 aliphatic carbocycles. The fourth-order valence-corrected chi connectivity index (χ4v) is 3.34. The average Bonchev–Trinajstić information content (AvgIpc) is 2.99. The minimum Gasteiger partial charge on any atom is -0.493 e. The Bertz CT molecular complexity index is 536. The van der Waals surface area contributed by atoms with Crippen molar-refractivity contribution >= 4 is 23.6 Å². The normalized spacial score (nSPS) is 17.3. The predicted molar refractivity (Wildman–Crippen MR) is 83.3 cm³/mol. The zero-order valence-electron chi connectivity index (χ0n) is 12.4. The van der Waals surface area contributed by atoms with Crippen molar-refractivity contribution in [3.8, 4) is 11.5 Å². The lowest BCUT2D eigenvalue weighted by Crippen LogP contribution is -2.38. The largest absolute Gasteiger partial charge is 0.493 e. The SMILES string of the molecule is COc1ccccc1OCC1SCCN1C(=O)CCC(=O)O. The first-order valence-electron chi connectivity index (χ1n) is 7.00. The van der Waals surface area contributed by atoms with Gasteiger partial charge in [0.2, 0.25) is 5.91 Å². The lowest BCUT2D eigenvalue weighted by atomic mass is 10.2. The van der Waals surface area contributed by atoms with Crippen LogP contribution in [-0.2, 0) is 9.59 Å². The van der Waals surface area contributed by atoms with Crippen LogP contribution in [0.3, 0.4) is 0 Å². The highest BCUT2D eigenvalue weighted by molar-refractivity contribution is 8.00. The van der Waals surface area contributed by atoms with Gasteiger partial charge in [-0.3, -0.25) is 9.59 Å². The number of rotatable bonds is 7.